The molecular formula is C5H7BrO. The third-order valence-electron chi connectivity index (χ3n) is 1.00. The Morgan fingerprint density at radius 1 is 1.71 bits per heavy atom. The van der Waals surface area contributed by atoms with Crippen LogP contribution in [-0.2, 0) is 4.74 Å². The van der Waals surface area contributed by atoms with Crippen molar-refractivity contribution in [2.75, 3.05) is 0 Å². The minimum absolute atomic E-state index is 0.215. The Bertz CT molecular complexity index is 90.1. The molecular weight excluding hydrogens is 156 g/mol. The molecule has 7 heavy (non-hydrogen) atoms. The number of rotatable bonds is 0. The molecule has 1 aliphatic heterocycles. The lowest BCUT2D eigenvalue weighted by molar-refractivity contribution is 0.228. The number of ether oxygens (including phenoxy) is 1. The van der Waals surface area contributed by atoms with E-state index in [0.29, 0.717) is 5.92 Å². The molecule has 1 aliphatic rings. The van der Waals surface area contributed by atoms with E-state index in [0.717, 1.165) is 0 Å². The monoisotopic (exact) mass is 162 g/mol. The molecule has 1 rings (SSSR count). The van der Waals surface area contributed by atoms with Crippen LogP contribution < -0.4 is 0 Å². The molecule has 0 radical (unpaired) electrons. The summed E-state index contributed by atoms with van der Waals surface area (Å²) in [6, 6.07) is 0. The molecule has 0 saturated heterocycles. The summed E-state index contributed by atoms with van der Waals surface area (Å²) in [5, 5.41) is 0.215. The van der Waals surface area contributed by atoms with Crippen molar-refractivity contribution in [2.24, 2.45) is 5.92 Å². The molecule has 0 aromatic heterocycles. The Morgan fingerprint density at radius 2 is 2.43 bits per heavy atom. The first kappa shape index (κ1) is 5.16. The molecule has 0 bridgehead atoms. The maximum Gasteiger partial charge on any atom is 0.158 e. The summed E-state index contributed by atoms with van der Waals surface area (Å²) in [5.41, 5.74) is 0. The Morgan fingerprint density at radius 3 is 2.57 bits per heavy atom. The maximum absolute atomic E-state index is 5.00. The van der Waals surface area contributed by atoms with Crippen molar-refractivity contribution in [3.63, 3.8) is 0 Å². The molecule has 0 aromatic carbocycles. The van der Waals surface area contributed by atoms with Gasteiger partial charge in [0, 0.05) is 5.92 Å². The Labute approximate surface area is 51.5 Å². The fourth-order valence-electron chi connectivity index (χ4n) is 0.456. The molecule has 0 fully saturated rings. The van der Waals surface area contributed by atoms with E-state index in [2.05, 4.69) is 22.9 Å². The van der Waals surface area contributed by atoms with Crippen LogP contribution in [0.3, 0.4) is 0 Å². The highest BCUT2D eigenvalue weighted by atomic mass is 79.9. The van der Waals surface area contributed by atoms with E-state index in [-0.39, 0.29) is 5.01 Å². The van der Waals surface area contributed by atoms with Gasteiger partial charge in [-0.15, -0.1) is 0 Å². The predicted molar refractivity (Wildman–Crippen MR) is 32.1 cm³/mol. The molecule has 40 valence electrons. The Kier molecular flexibility index (Phi) is 1.38. The van der Waals surface area contributed by atoms with Gasteiger partial charge < -0.3 is 4.74 Å². The Hall–Kier alpha value is 0.0200. The first-order chi connectivity index (χ1) is 3.30. The highest BCUT2D eigenvalue weighted by Crippen LogP contribution is 2.20. The fraction of sp³-hybridized carbons (Fsp3) is 0.600. The van der Waals surface area contributed by atoms with Crippen molar-refractivity contribution < 1.29 is 4.74 Å². The third kappa shape index (κ3) is 0.969. The van der Waals surface area contributed by atoms with Crippen molar-refractivity contribution in [1.82, 2.24) is 0 Å². The van der Waals surface area contributed by atoms with Gasteiger partial charge in [0.2, 0.25) is 0 Å². The van der Waals surface area contributed by atoms with E-state index in [1.165, 1.54) is 0 Å². The molecule has 0 aliphatic carbocycles. The second kappa shape index (κ2) is 1.86. The molecule has 0 amide bonds. The number of hydrogen-bond acceptors (Lipinski definition) is 1. The van der Waals surface area contributed by atoms with E-state index in [4.69, 9.17) is 4.74 Å². The summed E-state index contributed by atoms with van der Waals surface area (Å²) in [4.78, 5) is 0. The van der Waals surface area contributed by atoms with Crippen LogP contribution in [-0.4, -0.2) is 5.01 Å². The van der Waals surface area contributed by atoms with Gasteiger partial charge in [-0.1, -0.05) is 6.92 Å². The zero-order chi connectivity index (χ0) is 5.28. The average molecular weight is 163 g/mol. The van der Waals surface area contributed by atoms with Crippen molar-refractivity contribution in [3.05, 3.63) is 12.3 Å². The second-order valence-corrected chi connectivity index (χ2v) is 2.58. The van der Waals surface area contributed by atoms with Crippen LogP contribution in [0.5, 0.6) is 0 Å². The molecule has 2 atom stereocenters. The molecule has 0 aromatic rings. The van der Waals surface area contributed by atoms with Crippen LogP contribution >= 0.6 is 15.9 Å². The normalized spacial score (nSPS) is 38.6. The van der Waals surface area contributed by atoms with E-state index >= 15 is 0 Å². The lowest BCUT2D eigenvalue weighted by Crippen LogP contribution is -2.02. The number of halogens is 1. The third-order valence-corrected chi connectivity index (χ3v) is 2.05. The lowest BCUT2D eigenvalue weighted by Gasteiger charge is -2.03. The highest BCUT2D eigenvalue weighted by Gasteiger charge is 2.14. The van der Waals surface area contributed by atoms with Gasteiger partial charge in [-0.25, -0.2) is 0 Å². The Balaban J connectivity index is 2.45. The van der Waals surface area contributed by atoms with Gasteiger partial charge in [-0.2, -0.15) is 0 Å². The van der Waals surface area contributed by atoms with Gasteiger partial charge in [0.25, 0.3) is 0 Å². The second-order valence-electron chi connectivity index (χ2n) is 1.67. The summed E-state index contributed by atoms with van der Waals surface area (Å²) in [5.74, 6) is 0.528. The highest BCUT2D eigenvalue weighted by molar-refractivity contribution is 9.09. The predicted octanol–water partition coefficient (Wildman–Crippen LogP) is 1.89. The quantitative estimate of drug-likeness (QED) is 0.495. The number of alkyl halides is 1. The first-order valence-corrected chi connectivity index (χ1v) is 3.18. The topological polar surface area (TPSA) is 9.23 Å². The van der Waals surface area contributed by atoms with Gasteiger partial charge in [-0.05, 0) is 22.0 Å². The smallest absolute Gasteiger partial charge is 0.158 e. The van der Waals surface area contributed by atoms with Crippen molar-refractivity contribution in [3.8, 4) is 0 Å². The van der Waals surface area contributed by atoms with Crippen LogP contribution in [0, 0.1) is 5.92 Å². The molecule has 0 spiro atoms. The minimum Gasteiger partial charge on any atom is -0.487 e. The van der Waals surface area contributed by atoms with E-state index in [9.17, 15) is 0 Å². The molecule has 1 nitrogen and oxygen atoms in total. The van der Waals surface area contributed by atoms with Crippen LogP contribution in [0.1, 0.15) is 6.92 Å². The van der Waals surface area contributed by atoms with Crippen molar-refractivity contribution in [1.29, 1.82) is 0 Å². The summed E-state index contributed by atoms with van der Waals surface area (Å²) < 4.78 is 5.00. The van der Waals surface area contributed by atoms with Crippen LogP contribution in [0.2, 0.25) is 0 Å². The standard InChI is InChI=1S/C5H7BrO/c1-4-2-3-7-5(4)6/h2-5H,1H3. The maximum atomic E-state index is 5.00. The average Bonchev–Trinajstić information content (AvgIpc) is 1.91. The summed E-state index contributed by atoms with van der Waals surface area (Å²) in [6.45, 7) is 2.10. The van der Waals surface area contributed by atoms with Crippen LogP contribution in [0.25, 0.3) is 0 Å². The van der Waals surface area contributed by atoms with Crippen LogP contribution in [0.4, 0.5) is 0 Å². The van der Waals surface area contributed by atoms with Crippen molar-refractivity contribution in [2.45, 2.75) is 11.9 Å². The van der Waals surface area contributed by atoms with E-state index in [1.807, 2.05) is 6.08 Å². The molecule has 2 heteroatoms. The molecule has 2 unspecified atom stereocenters. The van der Waals surface area contributed by atoms with Gasteiger partial charge in [0.1, 0.15) is 0 Å². The summed E-state index contributed by atoms with van der Waals surface area (Å²) >= 11 is 3.32. The minimum atomic E-state index is 0.215. The van der Waals surface area contributed by atoms with Gasteiger partial charge >= 0.3 is 0 Å². The largest absolute Gasteiger partial charge is 0.487 e. The number of hydrogen-bond donors (Lipinski definition) is 0. The van der Waals surface area contributed by atoms with E-state index in [1.54, 1.807) is 6.26 Å². The molecule has 1 heterocycles. The summed E-state index contributed by atoms with van der Waals surface area (Å²) in [6.07, 6.45) is 3.75. The summed E-state index contributed by atoms with van der Waals surface area (Å²) in [7, 11) is 0. The van der Waals surface area contributed by atoms with Gasteiger partial charge in [0.05, 0.1) is 6.26 Å². The first-order valence-electron chi connectivity index (χ1n) is 2.27. The van der Waals surface area contributed by atoms with Gasteiger partial charge in [-0.3, -0.25) is 0 Å². The fourth-order valence-corrected chi connectivity index (χ4v) is 0.756. The van der Waals surface area contributed by atoms with E-state index < -0.39 is 0 Å². The van der Waals surface area contributed by atoms with Crippen molar-refractivity contribution >= 4 is 15.9 Å². The van der Waals surface area contributed by atoms with Gasteiger partial charge in [0.15, 0.2) is 5.01 Å². The lowest BCUT2D eigenvalue weighted by atomic mass is 10.2. The molecule has 0 N–H and O–H groups in total. The SMILES string of the molecule is CC1C=COC1Br. The zero-order valence-corrected chi connectivity index (χ0v) is 5.68. The molecule has 0 saturated carbocycles. The van der Waals surface area contributed by atoms with Crippen LogP contribution in [0.15, 0.2) is 12.3 Å². The zero-order valence-electron chi connectivity index (χ0n) is 4.10.